The fraction of sp³-hybridized carbons (Fsp3) is 0.417. The Kier molecular flexibility index (Phi) is 3.92. The molecule has 2 aliphatic carbocycles. The van der Waals surface area contributed by atoms with Gasteiger partial charge < -0.3 is 5.32 Å². The summed E-state index contributed by atoms with van der Waals surface area (Å²) in [5.41, 5.74) is 0.772. The molecule has 2 aromatic carbocycles. The van der Waals surface area contributed by atoms with Gasteiger partial charge in [0, 0.05) is 22.7 Å². The van der Waals surface area contributed by atoms with Crippen molar-refractivity contribution in [2.75, 3.05) is 0 Å². The van der Waals surface area contributed by atoms with Crippen LogP contribution in [-0.4, -0.2) is 26.2 Å². The summed E-state index contributed by atoms with van der Waals surface area (Å²) in [7, 11) is -3.86. The van der Waals surface area contributed by atoms with Gasteiger partial charge in [0.2, 0.25) is 9.84 Å². The largest absolute Gasteiger partial charge is 0.349 e. The molecular weight excluding hydrogens is 398 g/mol. The van der Waals surface area contributed by atoms with Gasteiger partial charge in [-0.15, -0.1) is 0 Å². The summed E-state index contributed by atoms with van der Waals surface area (Å²) >= 11 is 0. The van der Waals surface area contributed by atoms with Crippen molar-refractivity contribution in [1.29, 1.82) is 0 Å². The predicted octanol–water partition coefficient (Wildman–Crippen LogP) is 4.01. The summed E-state index contributed by atoms with van der Waals surface area (Å²) in [6.45, 7) is 6.81. The van der Waals surface area contributed by atoms with Gasteiger partial charge in [-0.05, 0) is 66.3 Å². The Bertz CT molecular complexity index is 1210. The molecule has 0 unspecified atom stereocenters. The molecule has 1 N–H and O–H groups in total. The van der Waals surface area contributed by atoms with Crippen molar-refractivity contribution in [3.05, 3.63) is 59.2 Å². The highest BCUT2D eigenvalue weighted by Gasteiger charge is 2.61. The number of ketones is 1. The van der Waals surface area contributed by atoms with Crippen molar-refractivity contribution >= 4 is 21.5 Å². The third-order valence-corrected chi connectivity index (χ3v) is 10.2. The summed E-state index contributed by atoms with van der Waals surface area (Å²) in [5, 5.41) is 3.17. The van der Waals surface area contributed by atoms with Crippen LogP contribution in [0.3, 0.4) is 0 Å². The van der Waals surface area contributed by atoms with Crippen molar-refractivity contribution in [3.63, 3.8) is 0 Å². The molecule has 0 radical (unpaired) electrons. The Hall–Kier alpha value is -2.47. The van der Waals surface area contributed by atoms with E-state index in [4.69, 9.17) is 0 Å². The molecule has 5 nitrogen and oxygen atoms in total. The van der Waals surface area contributed by atoms with Crippen LogP contribution in [0, 0.1) is 16.7 Å². The standard InChI is InChI=1S/C24H25NO4S/c1-23(2)15-10-11-24(23,3)20(13-15)25-22(27)14-8-9-17-19(12-14)30(28,29)18-7-5-4-6-16(18)21(17)26/h4-9,12,15,20H,10-11,13H2,1-3H3,(H,25,27)/t15-,20-,24-/m0/s1. The van der Waals surface area contributed by atoms with Gasteiger partial charge in [0.05, 0.1) is 9.79 Å². The van der Waals surface area contributed by atoms with E-state index in [0.717, 1.165) is 12.8 Å². The summed E-state index contributed by atoms with van der Waals surface area (Å²) in [6, 6.07) is 10.7. The smallest absolute Gasteiger partial charge is 0.251 e. The number of fused-ring (bicyclic) bond motifs is 4. The van der Waals surface area contributed by atoms with Crippen molar-refractivity contribution in [3.8, 4) is 0 Å². The Morgan fingerprint density at radius 1 is 1.03 bits per heavy atom. The van der Waals surface area contributed by atoms with Crippen LogP contribution in [0.25, 0.3) is 0 Å². The van der Waals surface area contributed by atoms with Gasteiger partial charge in [-0.25, -0.2) is 8.42 Å². The predicted molar refractivity (Wildman–Crippen MR) is 112 cm³/mol. The van der Waals surface area contributed by atoms with Crippen LogP contribution in [-0.2, 0) is 9.84 Å². The van der Waals surface area contributed by atoms with Crippen LogP contribution in [0.1, 0.15) is 66.3 Å². The first-order chi connectivity index (χ1) is 14.1. The van der Waals surface area contributed by atoms with Crippen LogP contribution in [0.4, 0.5) is 0 Å². The SMILES string of the molecule is CC1(C)[C@H]2CC[C@@]1(C)[C@@H](NC(=O)c1ccc3c(c1)S(=O)(=O)c1ccccc1C3=O)C2. The molecule has 156 valence electrons. The van der Waals surface area contributed by atoms with E-state index in [1.807, 2.05) is 0 Å². The van der Waals surface area contributed by atoms with E-state index < -0.39 is 9.84 Å². The number of nitrogens with one attached hydrogen (secondary N) is 1. The maximum absolute atomic E-state index is 13.1. The first-order valence-corrected chi connectivity index (χ1v) is 11.9. The quantitative estimate of drug-likeness (QED) is 0.675. The molecule has 3 atom stereocenters. The van der Waals surface area contributed by atoms with Gasteiger partial charge in [0.15, 0.2) is 5.78 Å². The van der Waals surface area contributed by atoms with E-state index in [2.05, 4.69) is 26.1 Å². The van der Waals surface area contributed by atoms with E-state index in [1.54, 1.807) is 18.2 Å². The molecule has 2 fully saturated rings. The first-order valence-electron chi connectivity index (χ1n) is 10.4. The molecule has 5 rings (SSSR count). The monoisotopic (exact) mass is 423 g/mol. The van der Waals surface area contributed by atoms with Crippen molar-refractivity contribution in [2.24, 2.45) is 16.7 Å². The third-order valence-electron chi connectivity index (χ3n) is 8.30. The summed E-state index contributed by atoms with van der Waals surface area (Å²) in [4.78, 5) is 25.8. The number of sulfone groups is 1. The van der Waals surface area contributed by atoms with Crippen LogP contribution in [0.15, 0.2) is 52.3 Å². The number of carbonyl (C=O) groups excluding carboxylic acids is 2. The summed E-state index contributed by atoms with van der Waals surface area (Å²) < 4.78 is 26.2. The Labute approximate surface area is 176 Å². The van der Waals surface area contributed by atoms with Crippen molar-refractivity contribution < 1.29 is 18.0 Å². The summed E-state index contributed by atoms with van der Waals surface area (Å²) in [6.07, 6.45) is 3.22. The van der Waals surface area contributed by atoms with Gasteiger partial charge in [-0.2, -0.15) is 0 Å². The lowest BCUT2D eigenvalue weighted by Gasteiger charge is -2.39. The second-order valence-electron chi connectivity index (χ2n) is 9.68. The average molecular weight is 424 g/mol. The lowest BCUT2D eigenvalue weighted by atomic mass is 9.69. The number of hydrogen-bond donors (Lipinski definition) is 1. The molecular formula is C24H25NO4S. The maximum Gasteiger partial charge on any atom is 0.251 e. The zero-order valence-corrected chi connectivity index (χ0v) is 18.2. The third kappa shape index (κ3) is 2.37. The highest BCUT2D eigenvalue weighted by Crippen LogP contribution is 2.65. The fourth-order valence-electron chi connectivity index (χ4n) is 5.89. The number of hydrogen-bond acceptors (Lipinski definition) is 4. The topological polar surface area (TPSA) is 80.3 Å². The minimum Gasteiger partial charge on any atom is -0.349 e. The van der Waals surface area contributed by atoms with Crippen molar-refractivity contribution in [1.82, 2.24) is 5.32 Å². The second kappa shape index (κ2) is 6.03. The zero-order chi connectivity index (χ0) is 21.5. The first kappa shape index (κ1) is 19.5. The van der Waals surface area contributed by atoms with Crippen LogP contribution >= 0.6 is 0 Å². The van der Waals surface area contributed by atoms with Crippen LogP contribution < -0.4 is 5.32 Å². The second-order valence-corrected chi connectivity index (χ2v) is 11.6. The molecule has 0 spiro atoms. The molecule has 2 bridgehead atoms. The minimum absolute atomic E-state index is 0.00224. The van der Waals surface area contributed by atoms with E-state index in [1.165, 1.54) is 30.7 Å². The van der Waals surface area contributed by atoms with Gasteiger partial charge in [-0.1, -0.05) is 32.9 Å². The van der Waals surface area contributed by atoms with Gasteiger partial charge in [0.1, 0.15) is 0 Å². The van der Waals surface area contributed by atoms with Gasteiger partial charge in [-0.3, -0.25) is 9.59 Å². The molecule has 0 aromatic heterocycles. The highest BCUT2D eigenvalue weighted by molar-refractivity contribution is 7.91. The molecule has 0 saturated heterocycles. The zero-order valence-electron chi connectivity index (χ0n) is 17.4. The molecule has 1 aliphatic heterocycles. The minimum atomic E-state index is -3.86. The Morgan fingerprint density at radius 2 is 1.73 bits per heavy atom. The molecule has 1 heterocycles. The normalized spacial score (nSPS) is 29.9. The Morgan fingerprint density at radius 3 is 2.40 bits per heavy atom. The number of amides is 1. The average Bonchev–Trinajstić information content (AvgIpc) is 3.05. The molecule has 2 saturated carbocycles. The van der Waals surface area contributed by atoms with Gasteiger partial charge >= 0.3 is 0 Å². The highest BCUT2D eigenvalue weighted by atomic mass is 32.2. The van der Waals surface area contributed by atoms with E-state index in [0.29, 0.717) is 5.92 Å². The van der Waals surface area contributed by atoms with E-state index >= 15 is 0 Å². The molecule has 30 heavy (non-hydrogen) atoms. The molecule has 3 aliphatic rings. The molecule has 6 heteroatoms. The van der Waals surface area contributed by atoms with E-state index in [9.17, 15) is 18.0 Å². The lowest BCUT2D eigenvalue weighted by Crippen LogP contribution is -2.46. The fourth-order valence-corrected chi connectivity index (χ4v) is 7.57. The number of benzene rings is 2. The Balaban J connectivity index is 1.49. The number of rotatable bonds is 2. The van der Waals surface area contributed by atoms with Crippen LogP contribution in [0.2, 0.25) is 0 Å². The molecule has 1 amide bonds. The lowest BCUT2D eigenvalue weighted by molar-refractivity contribution is 0.0825. The van der Waals surface area contributed by atoms with Gasteiger partial charge in [0.25, 0.3) is 5.91 Å². The maximum atomic E-state index is 13.1. The molecule has 2 aromatic rings. The number of carbonyl (C=O) groups is 2. The summed E-state index contributed by atoms with van der Waals surface area (Å²) in [5.74, 6) is -0.0236. The van der Waals surface area contributed by atoms with Crippen LogP contribution in [0.5, 0.6) is 0 Å². The van der Waals surface area contributed by atoms with E-state index in [-0.39, 0.29) is 55.0 Å². The van der Waals surface area contributed by atoms with Crippen molar-refractivity contribution in [2.45, 2.75) is 55.9 Å².